The molecular weight excluding hydrogens is 184 g/mol. The van der Waals surface area contributed by atoms with Gasteiger partial charge in [-0.3, -0.25) is 4.79 Å². The van der Waals surface area contributed by atoms with Gasteiger partial charge in [0, 0.05) is 18.3 Å². The molecule has 4 heteroatoms. The maximum absolute atomic E-state index is 11.6. The number of hydrogen-bond donors (Lipinski definition) is 2. The van der Waals surface area contributed by atoms with Gasteiger partial charge in [-0.15, -0.1) is 0 Å². The van der Waals surface area contributed by atoms with Crippen LogP contribution in [0.25, 0.3) is 0 Å². The van der Waals surface area contributed by atoms with Crippen LogP contribution in [-0.4, -0.2) is 30.5 Å². The molecule has 0 aromatic carbocycles. The van der Waals surface area contributed by atoms with Gasteiger partial charge in [-0.05, 0) is 26.0 Å². The molecule has 1 amide bonds. The van der Waals surface area contributed by atoms with Crippen molar-refractivity contribution in [3.8, 4) is 0 Å². The van der Waals surface area contributed by atoms with Crippen LogP contribution in [0.15, 0.2) is 0 Å². The van der Waals surface area contributed by atoms with E-state index in [1.807, 2.05) is 13.2 Å². The Morgan fingerprint density at radius 2 is 2.31 bits per heavy atom. The second-order valence-corrected chi connectivity index (χ2v) is 4.72. The molecule has 76 valence electrons. The third-order valence-electron chi connectivity index (χ3n) is 2.52. The van der Waals surface area contributed by atoms with E-state index >= 15 is 0 Å². The molecule has 1 aliphatic carbocycles. The van der Waals surface area contributed by atoms with E-state index in [2.05, 4.69) is 5.32 Å². The quantitative estimate of drug-likeness (QED) is 0.686. The summed E-state index contributed by atoms with van der Waals surface area (Å²) < 4.78 is 0. The van der Waals surface area contributed by atoms with Crippen molar-refractivity contribution < 1.29 is 4.79 Å². The van der Waals surface area contributed by atoms with Gasteiger partial charge in [-0.1, -0.05) is 0 Å². The molecule has 0 aromatic rings. The first-order chi connectivity index (χ1) is 6.14. The third kappa shape index (κ3) is 2.61. The van der Waals surface area contributed by atoms with Gasteiger partial charge in [-0.2, -0.15) is 11.8 Å². The first kappa shape index (κ1) is 10.9. The van der Waals surface area contributed by atoms with Crippen molar-refractivity contribution >= 4 is 17.7 Å². The normalized spacial score (nSPS) is 20.8. The van der Waals surface area contributed by atoms with Crippen molar-refractivity contribution in [3.05, 3.63) is 0 Å². The predicted octanol–water partition coefficient (Wildman–Crippen LogP) is 0.593. The number of nitrogens with two attached hydrogens (primary N) is 1. The molecule has 13 heavy (non-hydrogen) atoms. The van der Waals surface area contributed by atoms with Crippen molar-refractivity contribution in [1.29, 1.82) is 0 Å². The minimum Gasteiger partial charge on any atom is -0.352 e. The molecule has 1 atom stereocenters. The van der Waals surface area contributed by atoms with Crippen molar-refractivity contribution in [2.75, 3.05) is 18.6 Å². The standard InChI is InChI=1S/C9H18N2OS/c1-7(5-13-2)11-8(12)9(6-10)3-4-9/h7H,3-6,10H2,1-2H3,(H,11,12). The van der Waals surface area contributed by atoms with Gasteiger partial charge in [0.05, 0.1) is 5.41 Å². The Bertz CT molecular complexity index is 192. The Kier molecular flexibility index (Phi) is 3.62. The molecule has 3 nitrogen and oxygen atoms in total. The lowest BCUT2D eigenvalue weighted by molar-refractivity contribution is -0.126. The molecule has 1 rings (SSSR count). The van der Waals surface area contributed by atoms with Crippen molar-refractivity contribution in [1.82, 2.24) is 5.32 Å². The summed E-state index contributed by atoms with van der Waals surface area (Å²) in [6.45, 7) is 2.52. The highest BCUT2D eigenvalue weighted by atomic mass is 32.2. The van der Waals surface area contributed by atoms with Crippen LogP contribution >= 0.6 is 11.8 Å². The molecule has 3 N–H and O–H groups in total. The van der Waals surface area contributed by atoms with E-state index in [1.165, 1.54) is 0 Å². The zero-order valence-corrected chi connectivity index (χ0v) is 9.12. The summed E-state index contributed by atoms with van der Waals surface area (Å²) in [5.74, 6) is 1.11. The van der Waals surface area contributed by atoms with Crippen LogP contribution in [0.5, 0.6) is 0 Å². The Morgan fingerprint density at radius 3 is 2.69 bits per heavy atom. The number of carbonyl (C=O) groups is 1. The highest BCUT2D eigenvalue weighted by molar-refractivity contribution is 7.98. The Morgan fingerprint density at radius 1 is 1.69 bits per heavy atom. The van der Waals surface area contributed by atoms with E-state index in [0.717, 1.165) is 18.6 Å². The molecule has 0 saturated heterocycles. The number of hydrogen-bond acceptors (Lipinski definition) is 3. The molecule has 1 fully saturated rings. The van der Waals surface area contributed by atoms with Crippen molar-refractivity contribution in [3.63, 3.8) is 0 Å². The zero-order valence-electron chi connectivity index (χ0n) is 8.30. The highest BCUT2D eigenvalue weighted by Crippen LogP contribution is 2.44. The van der Waals surface area contributed by atoms with Gasteiger partial charge < -0.3 is 11.1 Å². The van der Waals surface area contributed by atoms with Crippen LogP contribution in [-0.2, 0) is 4.79 Å². The lowest BCUT2D eigenvalue weighted by atomic mass is 10.1. The second-order valence-electron chi connectivity index (χ2n) is 3.81. The molecule has 0 aromatic heterocycles. The summed E-state index contributed by atoms with van der Waals surface area (Å²) in [6.07, 6.45) is 3.96. The summed E-state index contributed by atoms with van der Waals surface area (Å²) >= 11 is 1.74. The summed E-state index contributed by atoms with van der Waals surface area (Å²) in [4.78, 5) is 11.6. The number of rotatable bonds is 5. The summed E-state index contributed by atoms with van der Waals surface area (Å²) in [6, 6.07) is 0.256. The number of amides is 1. The van der Waals surface area contributed by atoms with Gasteiger partial charge in [0.2, 0.25) is 5.91 Å². The minimum atomic E-state index is -0.202. The summed E-state index contributed by atoms with van der Waals surface area (Å²) in [7, 11) is 0. The molecule has 1 saturated carbocycles. The van der Waals surface area contributed by atoms with E-state index in [0.29, 0.717) is 6.54 Å². The molecule has 1 unspecified atom stereocenters. The molecule has 0 aliphatic heterocycles. The van der Waals surface area contributed by atoms with E-state index in [1.54, 1.807) is 11.8 Å². The van der Waals surface area contributed by atoms with Gasteiger partial charge in [0.1, 0.15) is 0 Å². The van der Waals surface area contributed by atoms with Gasteiger partial charge in [0.15, 0.2) is 0 Å². The molecule has 0 heterocycles. The lowest BCUT2D eigenvalue weighted by Crippen LogP contribution is -2.42. The number of nitrogens with one attached hydrogen (secondary N) is 1. The van der Waals surface area contributed by atoms with E-state index in [4.69, 9.17) is 5.73 Å². The van der Waals surface area contributed by atoms with E-state index in [9.17, 15) is 4.79 Å². The monoisotopic (exact) mass is 202 g/mol. The van der Waals surface area contributed by atoms with Gasteiger partial charge in [-0.25, -0.2) is 0 Å². The molecule has 0 radical (unpaired) electrons. The summed E-state index contributed by atoms with van der Waals surface area (Å²) in [5, 5.41) is 2.99. The molecule has 0 spiro atoms. The predicted molar refractivity (Wildman–Crippen MR) is 56.7 cm³/mol. The van der Waals surface area contributed by atoms with Crippen LogP contribution in [0.2, 0.25) is 0 Å². The van der Waals surface area contributed by atoms with Crippen LogP contribution < -0.4 is 11.1 Å². The lowest BCUT2D eigenvalue weighted by Gasteiger charge is -2.17. The Hall–Kier alpha value is -0.220. The fourth-order valence-electron chi connectivity index (χ4n) is 1.34. The topological polar surface area (TPSA) is 55.1 Å². The van der Waals surface area contributed by atoms with Crippen LogP contribution in [0, 0.1) is 5.41 Å². The first-order valence-electron chi connectivity index (χ1n) is 4.64. The number of carbonyl (C=O) groups excluding carboxylic acids is 1. The minimum absolute atomic E-state index is 0.150. The van der Waals surface area contributed by atoms with Gasteiger partial charge >= 0.3 is 0 Å². The zero-order chi connectivity index (χ0) is 9.90. The maximum atomic E-state index is 11.6. The fourth-order valence-corrected chi connectivity index (χ4v) is 1.93. The van der Waals surface area contributed by atoms with E-state index in [-0.39, 0.29) is 17.4 Å². The Balaban J connectivity index is 2.32. The molecule has 1 aliphatic rings. The average molecular weight is 202 g/mol. The smallest absolute Gasteiger partial charge is 0.227 e. The first-order valence-corrected chi connectivity index (χ1v) is 6.04. The third-order valence-corrected chi connectivity index (χ3v) is 3.35. The van der Waals surface area contributed by atoms with Crippen LogP contribution in [0.4, 0.5) is 0 Å². The fraction of sp³-hybridized carbons (Fsp3) is 0.889. The van der Waals surface area contributed by atoms with Crippen LogP contribution in [0.3, 0.4) is 0 Å². The Labute approximate surface area is 83.8 Å². The average Bonchev–Trinajstić information content (AvgIpc) is 2.84. The van der Waals surface area contributed by atoms with Crippen LogP contribution in [0.1, 0.15) is 19.8 Å². The number of thioether (sulfide) groups is 1. The molecule has 0 bridgehead atoms. The van der Waals surface area contributed by atoms with Crippen molar-refractivity contribution in [2.24, 2.45) is 11.1 Å². The highest BCUT2D eigenvalue weighted by Gasteiger charge is 2.48. The summed E-state index contributed by atoms with van der Waals surface area (Å²) in [5.41, 5.74) is 5.35. The maximum Gasteiger partial charge on any atom is 0.227 e. The second kappa shape index (κ2) is 4.33. The van der Waals surface area contributed by atoms with E-state index < -0.39 is 0 Å². The SMILES string of the molecule is CSCC(C)NC(=O)C1(CN)CC1. The molecular formula is C9H18N2OS. The largest absolute Gasteiger partial charge is 0.352 e. The van der Waals surface area contributed by atoms with Crippen molar-refractivity contribution in [2.45, 2.75) is 25.8 Å². The van der Waals surface area contributed by atoms with Gasteiger partial charge in [0.25, 0.3) is 0 Å².